The molecule has 1 fully saturated rings. The number of sulfonamides is 1. The summed E-state index contributed by atoms with van der Waals surface area (Å²) in [6.45, 7) is 5.50. The average molecular weight is 347 g/mol. The molecule has 0 spiro atoms. The highest BCUT2D eigenvalue weighted by atomic mass is 79.9. The molecule has 1 aliphatic rings. The SMILES string of the molecule is CC(C)C1CCN(S(=O)(=O)c2ccc(N)c(Br)c2)C1. The van der Waals surface area contributed by atoms with E-state index in [-0.39, 0.29) is 0 Å². The molecule has 0 saturated carbocycles. The van der Waals surface area contributed by atoms with E-state index in [4.69, 9.17) is 5.73 Å². The van der Waals surface area contributed by atoms with E-state index < -0.39 is 10.0 Å². The molecule has 1 atom stereocenters. The second kappa shape index (κ2) is 5.42. The van der Waals surface area contributed by atoms with Crippen molar-refractivity contribution in [1.82, 2.24) is 4.31 Å². The van der Waals surface area contributed by atoms with Gasteiger partial charge in [-0.15, -0.1) is 0 Å². The first-order valence-electron chi connectivity index (χ1n) is 6.37. The van der Waals surface area contributed by atoms with Gasteiger partial charge < -0.3 is 5.73 Å². The van der Waals surface area contributed by atoms with Gasteiger partial charge in [-0.25, -0.2) is 8.42 Å². The molecule has 1 aromatic rings. The zero-order valence-corrected chi connectivity index (χ0v) is 13.5. The fourth-order valence-electron chi connectivity index (χ4n) is 2.33. The molecule has 19 heavy (non-hydrogen) atoms. The van der Waals surface area contributed by atoms with E-state index in [2.05, 4.69) is 29.8 Å². The zero-order valence-electron chi connectivity index (χ0n) is 11.1. The van der Waals surface area contributed by atoms with Crippen LogP contribution in [0.5, 0.6) is 0 Å². The van der Waals surface area contributed by atoms with Crippen molar-refractivity contribution in [2.75, 3.05) is 18.8 Å². The molecule has 1 unspecified atom stereocenters. The highest BCUT2D eigenvalue weighted by Gasteiger charge is 2.33. The minimum atomic E-state index is -3.40. The van der Waals surface area contributed by atoms with Crippen LogP contribution in [0, 0.1) is 11.8 Å². The molecule has 1 aliphatic heterocycles. The molecule has 0 radical (unpaired) electrons. The Labute approximate surface area is 123 Å². The van der Waals surface area contributed by atoms with Gasteiger partial charge in [-0.1, -0.05) is 13.8 Å². The first kappa shape index (κ1) is 14.8. The molecular weight excluding hydrogens is 328 g/mol. The van der Waals surface area contributed by atoms with Crippen LogP contribution in [0.2, 0.25) is 0 Å². The summed E-state index contributed by atoms with van der Waals surface area (Å²) in [5, 5.41) is 0. The third-order valence-corrected chi connectivity index (χ3v) is 6.29. The fourth-order valence-corrected chi connectivity index (χ4v) is 4.40. The minimum absolute atomic E-state index is 0.304. The van der Waals surface area contributed by atoms with Crippen molar-refractivity contribution in [2.24, 2.45) is 11.8 Å². The number of benzene rings is 1. The van der Waals surface area contributed by atoms with Gasteiger partial charge in [0.2, 0.25) is 10.0 Å². The Balaban J connectivity index is 2.26. The molecule has 1 aromatic carbocycles. The molecule has 4 nitrogen and oxygen atoms in total. The first-order chi connectivity index (χ1) is 8.82. The Morgan fingerprint density at radius 1 is 1.42 bits per heavy atom. The summed E-state index contributed by atoms with van der Waals surface area (Å²) in [4.78, 5) is 0.304. The summed E-state index contributed by atoms with van der Waals surface area (Å²) in [6.07, 6.45) is 0.938. The lowest BCUT2D eigenvalue weighted by Crippen LogP contribution is -2.29. The van der Waals surface area contributed by atoms with Gasteiger partial charge >= 0.3 is 0 Å². The van der Waals surface area contributed by atoms with Crippen LogP contribution in [0.3, 0.4) is 0 Å². The fraction of sp³-hybridized carbons (Fsp3) is 0.538. The molecule has 2 rings (SSSR count). The smallest absolute Gasteiger partial charge is 0.243 e. The van der Waals surface area contributed by atoms with Gasteiger partial charge in [-0.2, -0.15) is 4.31 Å². The summed E-state index contributed by atoms with van der Waals surface area (Å²) >= 11 is 3.27. The number of nitrogen functional groups attached to an aromatic ring is 1. The summed E-state index contributed by atoms with van der Waals surface area (Å²) in [6, 6.07) is 4.76. The molecular formula is C13H19BrN2O2S. The molecule has 0 amide bonds. The van der Waals surface area contributed by atoms with E-state index in [0.717, 1.165) is 6.42 Å². The van der Waals surface area contributed by atoms with E-state index in [0.29, 0.717) is 40.0 Å². The van der Waals surface area contributed by atoms with Gasteiger partial charge in [0.25, 0.3) is 0 Å². The van der Waals surface area contributed by atoms with Crippen LogP contribution in [-0.2, 0) is 10.0 Å². The van der Waals surface area contributed by atoms with Crippen molar-refractivity contribution in [3.8, 4) is 0 Å². The number of hydrogen-bond donors (Lipinski definition) is 1. The summed E-state index contributed by atoms with van der Waals surface area (Å²) in [5.74, 6) is 0.963. The Kier molecular flexibility index (Phi) is 4.23. The number of anilines is 1. The molecule has 1 heterocycles. The Hall–Kier alpha value is -0.590. The molecule has 106 valence electrons. The largest absolute Gasteiger partial charge is 0.398 e. The first-order valence-corrected chi connectivity index (χ1v) is 8.61. The van der Waals surface area contributed by atoms with Crippen LogP contribution in [0.15, 0.2) is 27.6 Å². The number of nitrogens with two attached hydrogens (primary N) is 1. The highest BCUT2D eigenvalue weighted by Crippen LogP contribution is 2.30. The highest BCUT2D eigenvalue weighted by molar-refractivity contribution is 9.10. The standard InChI is InChI=1S/C13H19BrN2O2S/c1-9(2)10-5-6-16(8-10)19(17,18)11-3-4-13(15)12(14)7-11/h3-4,7,9-10H,5-6,8,15H2,1-2H3. The summed E-state index contributed by atoms with van der Waals surface area (Å²) in [5.41, 5.74) is 6.23. The maximum absolute atomic E-state index is 12.5. The number of rotatable bonds is 3. The predicted molar refractivity (Wildman–Crippen MR) is 80.3 cm³/mol. The van der Waals surface area contributed by atoms with Crippen molar-refractivity contribution in [3.63, 3.8) is 0 Å². The minimum Gasteiger partial charge on any atom is -0.398 e. The lowest BCUT2D eigenvalue weighted by Gasteiger charge is -2.18. The second-order valence-electron chi connectivity index (χ2n) is 5.34. The molecule has 1 saturated heterocycles. The number of nitrogens with zero attached hydrogens (tertiary/aromatic N) is 1. The lowest BCUT2D eigenvalue weighted by molar-refractivity contribution is 0.388. The van der Waals surface area contributed by atoms with E-state index in [1.165, 1.54) is 0 Å². The third-order valence-electron chi connectivity index (χ3n) is 3.74. The predicted octanol–water partition coefficient (Wildman–Crippen LogP) is 2.70. The lowest BCUT2D eigenvalue weighted by atomic mass is 9.96. The monoisotopic (exact) mass is 346 g/mol. The van der Waals surface area contributed by atoms with Gasteiger partial charge in [0, 0.05) is 23.2 Å². The van der Waals surface area contributed by atoms with Gasteiger partial charge in [-0.3, -0.25) is 0 Å². The zero-order chi connectivity index (χ0) is 14.2. The average Bonchev–Trinajstić information content (AvgIpc) is 2.82. The van der Waals surface area contributed by atoms with Gasteiger partial charge in [0.05, 0.1) is 4.90 Å². The van der Waals surface area contributed by atoms with Crippen LogP contribution in [0.4, 0.5) is 5.69 Å². The molecule has 0 aliphatic carbocycles. The van der Waals surface area contributed by atoms with Crippen LogP contribution < -0.4 is 5.73 Å². The van der Waals surface area contributed by atoms with E-state index in [1.807, 2.05) is 0 Å². The second-order valence-corrected chi connectivity index (χ2v) is 8.13. The maximum atomic E-state index is 12.5. The van der Waals surface area contributed by atoms with Crippen molar-refractivity contribution < 1.29 is 8.42 Å². The third kappa shape index (κ3) is 2.95. The molecule has 0 bridgehead atoms. The summed E-state index contributed by atoms with van der Waals surface area (Å²) in [7, 11) is -3.40. The van der Waals surface area contributed by atoms with Crippen LogP contribution in [0.25, 0.3) is 0 Å². The van der Waals surface area contributed by atoms with Crippen LogP contribution in [0.1, 0.15) is 20.3 Å². The number of hydrogen-bond acceptors (Lipinski definition) is 3. The van der Waals surface area contributed by atoms with Crippen molar-refractivity contribution in [3.05, 3.63) is 22.7 Å². The molecule has 2 N–H and O–H groups in total. The van der Waals surface area contributed by atoms with Crippen molar-refractivity contribution in [2.45, 2.75) is 25.2 Å². The topological polar surface area (TPSA) is 63.4 Å². The number of halogens is 1. The summed E-state index contributed by atoms with van der Waals surface area (Å²) < 4.78 is 27.3. The normalized spacial score (nSPS) is 21.2. The van der Waals surface area contributed by atoms with Gasteiger partial charge in [-0.05, 0) is 52.4 Å². The van der Waals surface area contributed by atoms with Crippen molar-refractivity contribution in [1.29, 1.82) is 0 Å². The quantitative estimate of drug-likeness (QED) is 0.855. The molecule has 6 heteroatoms. The van der Waals surface area contributed by atoms with E-state index in [9.17, 15) is 8.42 Å². The van der Waals surface area contributed by atoms with E-state index >= 15 is 0 Å². The van der Waals surface area contributed by atoms with Gasteiger partial charge in [0.1, 0.15) is 0 Å². The Morgan fingerprint density at radius 3 is 2.63 bits per heavy atom. The van der Waals surface area contributed by atoms with Crippen LogP contribution >= 0.6 is 15.9 Å². The van der Waals surface area contributed by atoms with Crippen molar-refractivity contribution >= 4 is 31.6 Å². The Morgan fingerprint density at radius 2 is 2.11 bits per heavy atom. The van der Waals surface area contributed by atoms with Crippen LogP contribution in [-0.4, -0.2) is 25.8 Å². The Bertz CT molecular complexity index is 572. The van der Waals surface area contributed by atoms with E-state index in [1.54, 1.807) is 22.5 Å². The van der Waals surface area contributed by atoms with Gasteiger partial charge in [0.15, 0.2) is 0 Å². The molecule has 0 aromatic heterocycles. The maximum Gasteiger partial charge on any atom is 0.243 e.